The quantitative estimate of drug-likeness (QED) is 0.619. The molecule has 0 atom stereocenters. The third-order valence-corrected chi connectivity index (χ3v) is 2.88. The minimum atomic E-state index is -4.26. The summed E-state index contributed by atoms with van der Waals surface area (Å²) in [7, 11) is 0. The largest absolute Gasteiger partial charge is 0.416 e. The molecular formula is C12H15BrF3N. The highest BCUT2D eigenvalue weighted by Crippen LogP contribution is 2.29. The second kappa shape index (κ2) is 7.01. The Morgan fingerprint density at radius 2 is 1.94 bits per heavy atom. The maximum Gasteiger partial charge on any atom is 0.416 e. The highest BCUT2D eigenvalue weighted by Gasteiger charge is 2.30. The molecule has 1 rings (SSSR count). The molecule has 17 heavy (non-hydrogen) atoms. The molecule has 96 valence electrons. The Hall–Kier alpha value is -0.550. The van der Waals surface area contributed by atoms with E-state index in [1.54, 1.807) is 6.07 Å². The van der Waals surface area contributed by atoms with Gasteiger partial charge >= 0.3 is 6.18 Å². The fourth-order valence-electron chi connectivity index (χ4n) is 1.43. The highest BCUT2D eigenvalue weighted by molar-refractivity contribution is 9.09. The van der Waals surface area contributed by atoms with Crippen molar-refractivity contribution in [1.29, 1.82) is 0 Å². The van der Waals surface area contributed by atoms with Gasteiger partial charge in [0, 0.05) is 11.9 Å². The third-order valence-electron chi connectivity index (χ3n) is 2.32. The second-order valence-electron chi connectivity index (χ2n) is 3.77. The van der Waals surface area contributed by atoms with E-state index in [1.807, 2.05) is 0 Å². The lowest BCUT2D eigenvalue weighted by molar-refractivity contribution is -0.137. The molecule has 5 heteroatoms. The van der Waals surface area contributed by atoms with Crippen molar-refractivity contribution in [2.45, 2.75) is 25.6 Å². The van der Waals surface area contributed by atoms with E-state index < -0.39 is 11.7 Å². The lowest BCUT2D eigenvalue weighted by Gasteiger charge is -2.09. The first-order chi connectivity index (χ1) is 8.04. The van der Waals surface area contributed by atoms with E-state index >= 15 is 0 Å². The number of rotatable bonds is 6. The minimum Gasteiger partial charge on any atom is -0.313 e. The van der Waals surface area contributed by atoms with Crippen molar-refractivity contribution in [1.82, 2.24) is 5.32 Å². The molecule has 0 saturated carbocycles. The summed E-state index contributed by atoms with van der Waals surface area (Å²) in [5.74, 6) is 0. The van der Waals surface area contributed by atoms with Crippen molar-refractivity contribution in [3.8, 4) is 0 Å². The Balaban J connectivity index is 2.44. The summed E-state index contributed by atoms with van der Waals surface area (Å²) in [5, 5.41) is 4.08. The van der Waals surface area contributed by atoms with E-state index in [-0.39, 0.29) is 0 Å². The van der Waals surface area contributed by atoms with Crippen LogP contribution in [0.3, 0.4) is 0 Å². The highest BCUT2D eigenvalue weighted by atomic mass is 79.9. The molecule has 0 amide bonds. The van der Waals surface area contributed by atoms with Crippen molar-refractivity contribution in [2.75, 3.05) is 11.9 Å². The van der Waals surface area contributed by atoms with Gasteiger partial charge in [0.15, 0.2) is 0 Å². The summed E-state index contributed by atoms with van der Waals surface area (Å²) in [6.07, 6.45) is -2.17. The Morgan fingerprint density at radius 1 is 1.18 bits per heavy atom. The maximum absolute atomic E-state index is 12.4. The average molecular weight is 310 g/mol. The van der Waals surface area contributed by atoms with Gasteiger partial charge < -0.3 is 5.32 Å². The van der Waals surface area contributed by atoms with E-state index in [4.69, 9.17) is 0 Å². The van der Waals surface area contributed by atoms with Crippen LogP contribution in [0, 0.1) is 0 Å². The number of hydrogen-bond donors (Lipinski definition) is 1. The van der Waals surface area contributed by atoms with Crippen LogP contribution in [0.5, 0.6) is 0 Å². The first kappa shape index (κ1) is 14.5. The lowest BCUT2D eigenvalue weighted by Crippen LogP contribution is -2.15. The zero-order chi connectivity index (χ0) is 12.7. The van der Waals surface area contributed by atoms with Crippen molar-refractivity contribution >= 4 is 15.9 Å². The van der Waals surface area contributed by atoms with Crippen molar-refractivity contribution in [3.63, 3.8) is 0 Å². The second-order valence-corrected chi connectivity index (χ2v) is 4.56. The van der Waals surface area contributed by atoms with Crippen LogP contribution in [0.4, 0.5) is 13.2 Å². The number of benzene rings is 1. The maximum atomic E-state index is 12.4. The number of unbranched alkanes of at least 4 members (excludes halogenated alkanes) is 1. The van der Waals surface area contributed by atoms with Gasteiger partial charge in [-0.15, -0.1) is 0 Å². The van der Waals surface area contributed by atoms with Crippen LogP contribution in [0.25, 0.3) is 0 Å². The van der Waals surface area contributed by atoms with Crippen LogP contribution in [0.15, 0.2) is 24.3 Å². The summed E-state index contributed by atoms with van der Waals surface area (Å²) < 4.78 is 37.3. The predicted octanol–water partition coefficient (Wildman–Crippen LogP) is 3.97. The molecule has 1 aromatic rings. The molecule has 0 aliphatic rings. The van der Waals surface area contributed by atoms with Gasteiger partial charge in [0.1, 0.15) is 0 Å². The van der Waals surface area contributed by atoms with Crippen LogP contribution in [-0.2, 0) is 12.7 Å². The SMILES string of the molecule is FC(F)(F)c1cccc(CNCCCCBr)c1. The zero-order valence-electron chi connectivity index (χ0n) is 9.36. The molecule has 0 bridgehead atoms. The first-order valence-electron chi connectivity index (χ1n) is 5.47. The van der Waals surface area contributed by atoms with Gasteiger partial charge in [0.2, 0.25) is 0 Å². The predicted molar refractivity (Wildman–Crippen MR) is 66.2 cm³/mol. The van der Waals surface area contributed by atoms with Crippen molar-refractivity contribution < 1.29 is 13.2 Å². The van der Waals surface area contributed by atoms with E-state index in [1.165, 1.54) is 12.1 Å². The summed E-state index contributed by atoms with van der Waals surface area (Å²) in [6.45, 7) is 1.30. The minimum absolute atomic E-state index is 0.478. The molecule has 0 fully saturated rings. The van der Waals surface area contributed by atoms with E-state index in [9.17, 15) is 13.2 Å². The Bertz CT molecular complexity index is 339. The molecule has 0 spiro atoms. The lowest BCUT2D eigenvalue weighted by atomic mass is 10.1. The van der Waals surface area contributed by atoms with E-state index in [2.05, 4.69) is 21.2 Å². The average Bonchev–Trinajstić information content (AvgIpc) is 2.28. The van der Waals surface area contributed by atoms with Crippen molar-refractivity contribution in [2.24, 2.45) is 0 Å². The molecule has 0 radical (unpaired) electrons. The Kier molecular flexibility index (Phi) is 5.98. The third kappa shape index (κ3) is 5.55. The van der Waals surface area contributed by atoms with Crippen LogP contribution >= 0.6 is 15.9 Å². The molecule has 0 aliphatic carbocycles. The van der Waals surface area contributed by atoms with Crippen LogP contribution < -0.4 is 5.32 Å². The molecule has 1 nitrogen and oxygen atoms in total. The van der Waals surface area contributed by atoms with Crippen molar-refractivity contribution in [3.05, 3.63) is 35.4 Å². The van der Waals surface area contributed by atoms with Crippen LogP contribution in [0.2, 0.25) is 0 Å². The summed E-state index contributed by atoms with van der Waals surface area (Å²) in [6, 6.07) is 5.43. The van der Waals surface area contributed by atoms with Gasteiger partial charge in [0.25, 0.3) is 0 Å². The smallest absolute Gasteiger partial charge is 0.313 e. The molecule has 0 aromatic heterocycles. The van der Waals surface area contributed by atoms with Gasteiger partial charge in [-0.1, -0.05) is 34.1 Å². The van der Waals surface area contributed by atoms with Gasteiger partial charge in [-0.3, -0.25) is 0 Å². The standard InChI is InChI=1S/C12H15BrF3N/c13-6-1-2-7-17-9-10-4-3-5-11(8-10)12(14,15)16/h3-5,8,17H,1-2,6-7,9H2. The number of nitrogens with one attached hydrogen (secondary N) is 1. The summed E-state index contributed by atoms with van der Waals surface area (Å²) >= 11 is 3.32. The summed E-state index contributed by atoms with van der Waals surface area (Å²) in [4.78, 5) is 0. The normalized spacial score (nSPS) is 11.8. The molecule has 0 unspecified atom stereocenters. The van der Waals surface area contributed by atoms with Gasteiger partial charge in [-0.2, -0.15) is 13.2 Å². The van der Waals surface area contributed by atoms with Crippen LogP contribution in [-0.4, -0.2) is 11.9 Å². The number of halogens is 4. The molecule has 0 saturated heterocycles. The number of hydrogen-bond acceptors (Lipinski definition) is 1. The van der Waals surface area contributed by atoms with Gasteiger partial charge in [-0.25, -0.2) is 0 Å². The van der Waals surface area contributed by atoms with Gasteiger partial charge in [-0.05, 0) is 31.0 Å². The number of alkyl halides is 4. The molecular weight excluding hydrogens is 295 g/mol. The first-order valence-corrected chi connectivity index (χ1v) is 6.59. The fourth-order valence-corrected chi connectivity index (χ4v) is 1.83. The van der Waals surface area contributed by atoms with Crippen LogP contribution in [0.1, 0.15) is 24.0 Å². The van der Waals surface area contributed by atoms with E-state index in [0.717, 1.165) is 30.8 Å². The van der Waals surface area contributed by atoms with Gasteiger partial charge in [0.05, 0.1) is 5.56 Å². The zero-order valence-corrected chi connectivity index (χ0v) is 10.9. The monoisotopic (exact) mass is 309 g/mol. The molecule has 1 aromatic carbocycles. The van der Waals surface area contributed by atoms with E-state index in [0.29, 0.717) is 12.1 Å². The summed E-state index contributed by atoms with van der Waals surface area (Å²) in [5.41, 5.74) is 0.0796. The molecule has 0 heterocycles. The fraction of sp³-hybridized carbons (Fsp3) is 0.500. The Labute approximate surface area is 108 Å². The molecule has 0 aliphatic heterocycles. The Morgan fingerprint density at radius 3 is 2.59 bits per heavy atom. The topological polar surface area (TPSA) is 12.0 Å². The molecule has 1 N–H and O–H groups in total.